The number of carboxylic acid groups (broad SMARTS) is 1. The molecule has 0 spiro atoms. The number of nitrogens with one attached hydrogen (secondary N) is 1. The first-order valence-electron chi connectivity index (χ1n) is 14.7. The Morgan fingerprint density at radius 3 is 2.27 bits per heavy atom. The number of amides is 1. The summed E-state index contributed by atoms with van der Waals surface area (Å²) in [6, 6.07) is 22.0. The largest absolute Gasteiger partial charge is 0.480 e. The lowest BCUT2D eigenvalue weighted by Crippen LogP contribution is -2.41. The van der Waals surface area contributed by atoms with Crippen molar-refractivity contribution in [2.75, 3.05) is 24.0 Å². The molecule has 1 atom stereocenters. The van der Waals surface area contributed by atoms with Gasteiger partial charge in [0.05, 0.1) is 12.8 Å². The zero-order valence-electron chi connectivity index (χ0n) is 26.5. The van der Waals surface area contributed by atoms with Gasteiger partial charge in [0.2, 0.25) is 5.89 Å². The first-order chi connectivity index (χ1) is 21.4. The Morgan fingerprint density at radius 1 is 0.955 bits per heavy atom. The van der Waals surface area contributed by atoms with Gasteiger partial charge in [0.1, 0.15) is 12.6 Å². The molecular formula is C35H44N2O5S2. The van der Waals surface area contributed by atoms with Crippen molar-refractivity contribution in [1.82, 2.24) is 10.3 Å². The van der Waals surface area contributed by atoms with E-state index in [1.165, 1.54) is 5.75 Å². The van der Waals surface area contributed by atoms with Crippen molar-refractivity contribution >= 4 is 35.4 Å². The van der Waals surface area contributed by atoms with Gasteiger partial charge in [-0.2, -0.15) is 23.5 Å². The van der Waals surface area contributed by atoms with Crippen molar-refractivity contribution in [1.29, 1.82) is 0 Å². The van der Waals surface area contributed by atoms with Crippen LogP contribution in [-0.4, -0.2) is 52.0 Å². The number of carboxylic acids is 1. The molecule has 3 aromatic carbocycles. The van der Waals surface area contributed by atoms with Crippen molar-refractivity contribution in [3.05, 3.63) is 101 Å². The van der Waals surface area contributed by atoms with E-state index in [0.29, 0.717) is 36.0 Å². The van der Waals surface area contributed by atoms with Gasteiger partial charge in [0, 0.05) is 11.1 Å². The maximum absolute atomic E-state index is 13.2. The third-order valence-corrected chi connectivity index (χ3v) is 7.58. The number of aromatic nitrogens is 1. The van der Waals surface area contributed by atoms with Crippen molar-refractivity contribution in [3.63, 3.8) is 0 Å². The van der Waals surface area contributed by atoms with Gasteiger partial charge in [0.25, 0.3) is 5.91 Å². The maximum atomic E-state index is 13.2. The van der Waals surface area contributed by atoms with Crippen LogP contribution >= 0.6 is 23.5 Å². The quantitative estimate of drug-likeness (QED) is 0.151. The second kappa shape index (κ2) is 20.4. The fourth-order valence-corrected chi connectivity index (χ4v) is 4.54. The fraction of sp³-hybridized carbons (Fsp3) is 0.343. The molecule has 0 fully saturated rings. The number of aliphatic carboxylic acids is 1. The number of thioether (sulfide) groups is 2. The molecule has 4 aromatic rings. The first kappa shape index (κ1) is 36.7. The Morgan fingerprint density at radius 2 is 1.64 bits per heavy atom. The molecule has 7 nitrogen and oxygen atoms in total. The molecule has 44 heavy (non-hydrogen) atoms. The molecule has 1 amide bonds. The highest BCUT2D eigenvalue weighted by molar-refractivity contribution is 7.98. The third-order valence-electron chi connectivity index (χ3n) is 6.35. The fourth-order valence-electron chi connectivity index (χ4n) is 4.06. The van der Waals surface area contributed by atoms with E-state index < -0.39 is 17.9 Å². The van der Waals surface area contributed by atoms with Crippen molar-refractivity contribution < 1.29 is 23.8 Å². The Bertz CT molecular complexity index is 1420. The minimum absolute atomic E-state index is 0.248. The molecule has 9 heteroatoms. The smallest absolute Gasteiger partial charge is 0.326 e. The summed E-state index contributed by atoms with van der Waals surface area (Å²) < 4.78 is 11.7. The van der Waals surface area contributed by atoms with Gasteiger partial charge in [-0.05, 0) is 83.9 Å². The summed E-state index contributed by atoms with van der Waals surface area (Å²) in [5.41, 5.74) is 4.82. The van der Waals surface area contributed by atoms with Crippen LogP contribution in [0.1, 0.15) is 54.4 Å². The predicted octanol–water partition coefficient (Wildman–Crippen LogP) is 8.37. The number of aryl methyl sites for hydroxylation is 1. The van der Waals surface area contributed by atoms with Gasteiger partial charge in [-0.3, -0.25) is 4.79 Å². The summed E-state index contributed by atoms with van der Waals surface area (Å²) in [6.45, 7) is 8.67. The van der Waals surface area contributed by atoms with Crippen LogP contribution in [0.5, 0.6) is 0 Å². The molecule has 1 unspecified atom stereocenters. The second-order valence-electron chi connectivity index (χ2n) is 9.41. The maximum Gasteiger partial charge on any atom is 0.326 e. The van der Waals surface area contributed by atoms with Crippen LogP contribution in [0.25, 0.3) is 22.6 Å². The van der Waals surface area contributed by atoms with E-state index in [1.807, 2.05) is 106 Å². The average molecular weight is 637 g/mol. The van der Waals surface area contributed by atoms with E-state index in [2.05, 4.69) is 23.5 Å². The SMILES string of the molecule is CC.CCSC.CSCCC(NC(=O)c1ccc(COCc2cnc(-c3ccccc3)o2)cc1-c1ccccc1C)C(=O)O. The Kier molecular flexibility index (Phi) is 17.0. The first-order valence-corrected chi connectivity index (χ1v) is 17.4. The summed E-state index contributed by atoms with van der Waals surface area (Å²) in [5.74, 6) is 1.57. The van der Waals surface area contributed by atoms with Crippen molar-refractivity contribution in [2.45, 2.75) is 53.4 Å². The summed E-state index contributed by atoms with van der Waals surface area (Å²) in [4.78, 5) is 29.3. The topological polar surface area (TPSA) is 102 Å². The van der Waals surface area contributed by atoms with E-state index in [4.69, 9.17) is 9.15 Å². The molecule has 0 radical (unpaired) electrons. The predicted molar refractivity (Wildman–Crippen MR) is 184 cm³/mol. The third kappa shape index (κ3) is 11.5. The zero-order chi connectivity index (χ0) is 32.3. The lowest BCUT2D eigenvalue weighted by atomic mass is 9.93. The van der Waals surface area contributed by atoms with E-state index in [-0.39, 0.29) is 6.61 Å². The molecule has 0 aliphatic heterocycles. The molecule has 0 saturated heterocycles. The Balaban J connectivity index is 0.00000104. The zero-order valence-corrected chi connectivity index (χ0v) is 28.1. The molecule has 0 aliphatic rings. The molecule has 4 rings (SSSR count). The molecule has 1 aromatic heterocycles. The minimum atomic E-state index is -1.04. The number of oxazole rings is 1. The number of rotatable bonds is 13. The lowest BCUT2D eigenvalue weighted by molar-refractivity contribution is -0.139. The molecule has 0 aliphatic carbocycles. The number of hydrogen-bond acceptors (Lipinski definition) is 7. The average Bonchev–Trinajstić information content (AvgIpc) is 3.53. The van der Waals surface area contributed by atoms with Gasteiger partial charge >= 0.3 is 5.97 Å². The van der Waals surface area contributed by atoms with Crippen molar-refractivity contribution in [2.24, 2.45) is 0 Å². The molecule has 1 heterocycles. The highest BCUT2D eigenvalue weighted by atomic mass is 32.2. The van der Waals surface area contributed by atoms with Crippen LogP contribution in [0.3, 0.4) is 0 Å². The van der Waals surface area contributed by atoms with Crippen LogP contribution < -0.4 is 5.32 Å². The molecule has 0 bridgehead atoms. The monoisotopic (exact) mass is 636 g/mol. The van der Waals surface area contributed by atoms with Gasteiger partial charge in [-0.1, -0.05) is 69.3 Å². The van der Waals surface area contributed by atoms with Crippen molar-refractivity contribution in [3.8, 4) is 22.6 Å². The number of benzene rings is 3. The molecule has 0 saturated carbocycles. The second-order valence-corrected chi connectivity index (χ2v) is 11.5. The van der Waals surface area contributed by atoms with E-state index >= 15 is 0 Å². The number of ether oxygens (including phenoxy) is 1. The van der Waals surface area contributed by atoms with Gasteiger partial charge in [-0.25, -0.2) is 9.78 Å². The standard InChI is InChI=1S/C30H30N2O5S.C3H8S.C2H6/c1-20-8-6-7-11-24(20)26-16-21(12-13-25(26)28(33)32-27(30(34)35)14-15-38-2)18-36-19-23-17-31-29(37-23)22-9-4-3-5-10-22;1-3-4-2;1-2/h3-13,16-17,27H,14-15,18-19H2,1-2H3,(H,32,33)(H,34,35);3H2,1-2H3;1-2H3. The summed E-state index contributed by atoms with van der Waals surface area (Å²) in [6.07, 6.45) is 6.01. The molecule has 236 valence electrons. The number of hydrogen-bond donors (Lipinski definition) is 2. The highest BCUT2D eigenvalue weighted by Crippen LogP contribution is 2.29. The number of carbonyl (C=O) groups excluding carboxylic acids is 1. The number of carbonyl (C=O) groups is 2. The van der Waals surface area contributed by atoms with E-state index in [1.54, 1.807) is 24.0 Å². The summed E-state index contributed by atoms with van der Waals surface area (Å²) >= 11 is 3.40. The minimum Gasteiger partial charge on any atom is -0.480 e. The van der Waals surface area contributed by atoms with Crippen LogP contribution in [-0.2, 0) is 22.7 Å². The molecular weight excluding hydrogens is 593 g/mol. The Labute approximate surface area is 270 Å². The number of nitrogens with zero attached hydrogens (tertiary/aromatic N) is 1. The van der Waals surface area contributed by atoms with Crippen LogP contribution in [0.15, 0.2) is 83.4 Å². The summed E-state index contributed by atoms with van der Waals surface area (Å²) in [7, 11) is 0. The molecule has 2 N–H and O–H groups in total. The van der Waals surface area contributed by atoms with E-state index in [9.17, 15) is 14.7 Å². The van der Waals surface area contributed by atoms with Gasteiger partial charge in [-0.15, -0.1) is 0 Å². The normalized spacial score (nSPS) is 11.0. The van der Waals surface area contributed by atoms with Gasteiger partial charge in [0.15, 0.2) is 5.76 Å². The lowest BCUT2D eigenvalue weighted by Gasteiger charge is -2.17. The summed E-state index contributed by atoms with van der Waals surface area (Å²) in [5, 5.41) is 12.3. The Hall–Kier alpha value is -3.53. The van der Waals surface area contributed by atoms with Crippen LogP contribution in [0, 0.1) is 6.92 Å². The van der Waals surface area contributed by atoms with Crippen LogP contribution in [0.2, 0.25) is 0 Å². The highest BCUT2D eigenvalue weighted by Gasteiger charge is 2.22. The van der Waals surface area contributed by atoms with E-state index in [0.717, 1.165) is 27.8 Å². The van der Waals surface area contributed by atoms with Crippen LogP contribution in [0.4, 0.5) is 0 Å². The van der Waals surface area contributed by atoms with Gasteiger partial charge < -0.3 is 19.6 Å².